The Morgan fingerprint density at radius 1 is 1.40 bits per heavy atom. The summed E-state index contributed by atoms with van der Waals surface area (Å²) in [6, 6.07) is 0. The first-order valence-corrected chi connectivity index (χ1v) is 3.74. The molecule has 0 aliphatic heterocycles. The Labute approximate surface area is 62.1 Å². The highest BCUT2D eigenvalue weighted by Gasteiger charge is 2.16. The lowest BCUT2D eigenvalue weighted by Gasteiger charge is -2.21. The maximum Gasteiger partial charge on any atom is 0.0882 e. The van der Waals surface area contributed by atoms with Gasteiger partial charge in [-0.05, 0) is 25.7 Å². The van der Waals surface area contributed by atoms with Crippen molar-refractivity contribution in [2.45, 2.75) is 25.7 Å². The van der Waals surface area contributed by atoms with Crippen LogP contribution in [0.15, 0.2) is 24.5 Å². The summed E-state index contributed by atoms with van der Waals surface area (Å²) in [6.07, 6.45) is 4.19. The Morgan fingerprint density at radius 2 is 1.90 bits per heavy atom. The van der Waals surface area contributed by atoms with Crippen molar-refractivity contribution >= 4 is 0 Å². The van der Waals surface area contributed by atoms with Gasteiger partial charge in [0.15, 0.2) is 0 Å². The first-order chi connectivity index (χ1) is 4.70. The van der Waals surface area contributed by atoms with Crippen molar-refractivity contribution in [3.05, 3.63) is 24.5 Å². The number of allylic oxidation sites excluding steroid dienone is 2. The molecule has 0 spiro atoms. The zero-order valence-corrected chi connectivity index (χ0v) is 6.27. The molecule has 0 amide bonds. The molecule has 1 fully saturated rings. The second-order valence-corrected chi connectivity index (χ2v) is 3.02. The Morgan fingerprint density at radius 3 is 2.30 bits per heavy atom. The Balaban J connectivity index is 2.40. The predicted octanol–water partition coefficient (Wildman–Crippen LogP) is 2.80. The maximum atomic E-state index is 9.04. The van der Waals surface area contributed by atoms with Crippen LogP contribution in [0.5, 0.6) is 0 Å². The van der Waals surface area contributed by atoms with Gasteiger partial charge >= 0.3 is 0 Å². The molecule has 1 aliphatic rings. The van der Waals surface area contributed by atoms with Crippen LogP contribution in [-0.2, 0) is 0 Å². The number of aliphatic hydroxyl groups is 1. The van der Waals surface area contributed by atoms with Gasteiger partial charge in [-0.2, -0.15) is 0 Å². The van der Waals surface area contributed by atoms with Crippen LogP contribution in [0.3, 0.4) is 0 Å². The van der Waals surface area contributed by atoms with Gasteiger partial charge in [-0.15, -0.1) is 0 Å². The maximum absolute atomic E-state index is 9.04. The molecule has 1 aliphatic carbocycles. The standard InChI is InChI=1S/C9H14O/c1-7-3-5-9(6-4-7)8(2)10/h9-10H,1-6H2. The summed E-state index contributed by atoms with van der Waals surface area (Å²) < 4.78 is 0. The highest BCUT2D eigenvalue weighted by Crippen LogP contribution is 2.29. The monoisotopic (exact) mass is 138 g/mol. The summed E-state index contributed by atoms with van der Waals surface area (Å²) in [5.74, 6) is 0.693. The third-order valence-electron chi connectivity index (χ3n) is 2.16. The van der Waals surface area contributed by atoms with Gasteiger partial charge in [0.05, 0.1) is 5.76 Å². The number of aliphatic hydroxyl groups excluding tert-OH is 1. The summed E-state index contributed by atoms with van der Waals surface area (Å²) in [7, 11) is 0. The number of hydrogen-bond acceptors (Lipinski definition) is 1. The summed E-state index contributed by atoms with van der Waals surface area (Å²) in [5.41, 5.74) is 1.32. The fourth-order valence-corrected chi connectivity index (χ4v) is 1.36. The second kappa shape index (κ2) is 2.91. The van der Waals surface area contributed by atoms with Crippen molar-refractivity contribution < 1.29 is 5.11 Å². The van der Waals surface area contributed by atoms with Crippen LogP contribution >= 0.6 is 0 Å². The molecule has 0 unspecified atom stereocenters. The molecule has 0 heterocycles. The molecule has 56 valence electrons. The van der Waals surface area contributed by atoms with Crippen LogP contribution in [0, 0.1) is 5.92 Å². The van der Waals surface area contributed by atoms with E-state index in [1.54, 1.807) is 0 Å². The van der Waals surface area contributed by atoms with Crippen molar-refractivity contribution in [2.75, 3.05) is 0 Å². The van der Waals surface area contributed by atoms with Crippen LogP contribution in [-0.4, -0.2) is 5.11 Å². The normalized spacial score (nSPS) is 21.0. The van der Waals surface area contributed by atoms with E-state index >= 15 is 0 Å². The molecular formula is C9H14O. The minimum Gasteiger partial charge on any atom is -0.513 e. The van der Waals surface area contributed by atoms with E-state index < -0.39 is 0 Å². The van der Waals surface area contributed by atoms with E-state index in [0.717, 1.165) is 25.7 Å². The molecule has 0 radical (unpaired) electrons. The van der Waals surface area contributed by atoms with Gasteiger partial charge in [0.25, 0.3) is 0 Å². The lowest BCUT2D eigenvalue weighted by molar-refractivity contribution is 0.297. The summed E-state index contributed by atoms with van der Waals surface area (Å²) >= 11 is 0. The van der Waals surface area contributed by atoms with E-state index in [2.05, 4.69) is 13.2 Å². The molecule has 0 aromatic heterocycles. The van der Waals surface area contributed by atoms with E-state index in [0.29, 0.717) is 11.7 Å². The Kier molecular flexibility index (Phi) is 2.15. The largest absolute Gasteiger partial charge is 0.513 e. The van der Waals surface area contributed by atoms with E-state index in [4.69, 9.17) is 5.11 Å². The highest BCUT2D eigenvalue weighted by molar-refractivity contribution is 5.03. The smallest absolute Gasteiger partial charge is 0.0882 e. The summed E-state index contributed by atoms with van der Waals surface area (Å²) in [6.45, 7) is 7.43. The average molecular weight is 138 g/mol. The van der Waals surface area contributed by atoms with Crippen LogP contribution in [0.1, 0.15) is 25.7 Å². The lowest BCUT2D eigenvalue weighted by atomic mass is 9.86. The van der Waals surface area contributed by atoms with E-state index in [9.17, 15) is 0 Å². The summed E-state index contributed by atoms with van der Waals surface area (Å²) in [5, 5.41) is 9.04. The van der Waals surface area contributed by atoms with Gasteiger partial charge in [-0.3, -0.25) is 0 Å². The predicted molar refractivity (Wildman–Crippen MR) is 42.9 cm³/mol. The lowest BCUT2D eigenvalue weighted by Crippen LogP contribution is -2.09. The van der Waals surface area contributed by atoms with Gasteiger partial charge in [0.2, 0.25) is 0 Å². The number of hydrogen-bond donors (Lipinski definition) is 1. The Hall–Kier alpha value is -0.720. The minimum atomic E-state index is 0.338. The molecule has 0 aromatic rings. The van der Waals surface area contributed by atoms with E-state index in [-0.39, 0.29) is 0 Å². The summed E-state index contributed by atoms with van der Waals surface area (Å²) in [4.78, 5) is 0. The molecule has 0 saturated heterocycles. The van der Waals surface area contributed by atoms with Crippen LogP contribution in [0.2, 0.25) is 0 Å². The quantitative estimate of drug-likeness (QED) is 0.436. The van der Waals surface area contributed by atoms with Gasteiger partial charge in [-0.1, -0.05) is 18.7 Å². The SMILES string of the molecule is C=C1CCC(C(=C)O)CC1. The molecule has 1 N–H and O–H groups in total. The molecule has 1 nitrogen and oxygen atoms in total. The highest BCUT2D eigenvalue weighted by atomic mass is 16.3. The molecule has 10 heavy (non-hydrogen) atoms. The van der Waals surface area contributed by atoms with Crippen molar-refractivity contribution in [2.24, 2.45) is 5.92 Å². The van der Waals surface area contributed by atoms with Crippen molar-refractivity contribution in [1.29, 1.82) is 0 Å². The molecule has 1 saturated carbocycles. The van der Waals surface area contributed by atoms with E-state index in [1.165, 1.54) is 5.57 Å². The van der Waals surface area contributed by atoms with Crippen LogP contribution < -0.4 is 0 Å². The van der Waals surface area contributed by atoms with Crippen molar-refractivity contribution in [3.63, 3.8) is 0 Å². The molecule has 1 heteroatoms. The second-order valence-electron chi connectivity index (χ2n) is 3.02. The zero-order valence-electron chi connectivity index (χ0n) is 6.27. The fraction of sp³-hybridized carbons (Fsp3) is 0.556. The first-order valence-electron chi connectivity index (χ1n) is 3.74. The molecular weight excluding hydrogens is 124 g/mol. The van der Waals surface area contributed by atoms with Crippen LogP contribution in [0.4, 0.5) is 0 Å². The molecule has 0 aromatic carbocycles. The van der Waals surface area contributed by atoms with Gasteiger partial charge in [-0.25, -0.2) is 0 Å². The third kappa shape index (κ3) is 1.63. The van der Waals surface area contributed by atoms with Crippen LogP contribution in [0.25, 0.3) is 0 Å². The van der Waals surface area contributed by atoms with Gasteiger partial charge in [0.1, 0.15) is 0 Å². The molecule has 1 rings (SSSR count). The number of rotatable bonds is 1. The topological polar surface area (TPSA) is 20.2 Å². The average Bonchev–Trinajstić information content (AvgIpc) is 1.88. The third-order valence-corrected chi connectivity index (χ3v) is 2.16. The molecule has 0 atom stereocenters. The molecule has 0 bridgehead atoms. The van der Waals surface area contributed by atoms with E-state index in [1.807, 2.05) is 0 Å². The fourth-order valence-electron chi connectivity index (χ4n) is 1.36. The zero-order chi connectivity index (χ0) is 7.56. The van der Waals surface area contributed by atoms with Gasteiger partial charge < -0.3 is 5.11 Å². The van der Waals surface area contributed by atoms with Crippen molar-refractivity contribution in [3.8, 4) is 0 Å². The first kappa shape index (κ1) is 7.39. The Bertz CT molecular complexity index is 148. The van der Waals surface area contributed by atoms with Crippen molar-refractivity contribution in [1.82, 2.24) is 0 Å². The van der Waals surface area contributed by atoms with Gasteiger partial charge in [0, 0.05) is 5.92 Å². The minimum absolute atomic E-state index is 0.338.